The standard InChI is InChI=1S/C22H22N2O6/c1-28-19-13-15(14-20(29-2)21(19)30-3)22(25)23(16-7-5-4-6-8-16)17-9-11-18(12-10-17)24(26)27/h4-14,22,25H,1-3H3. The molecule has 8 nitrogen and oxygen atoms in total. The molecule has 3 aromatic carbocycles. The van der Waals surface area contributed by atoms with Gasteiger partial charge >= 0.3 is 0 Å². The van der Waals surface area contributed by atoms with Crippen LogP contribution < -0.4 is 19.1 Å². The van der Waals surface area contributed by atoms with E-state index in [1.165, 1.54) is 33.5 Å². The second-order valence-electron chi connectivity index (χ2n) is 6.31. The number of aliphatic hydroxyl groups excluding tert-OH is 1. The quantitative estimate of drug-likeness (QED) is 0.333. The maximum Gasteiger partial charge on any atom is 0.269 e. The monoisotopic (exact) mass is 410 g/mol. The largest absolute Gasteiger partial charge is 0.493 e. The third kappa shape index (κ3) is 4.13. The predicted octanol–water partition coefficient (Wildman–Crippen LogP) is 4.45. The first-order valence-corrected chi connectivity index (χ1v) is 9.06. The van der Waals surface area contributed by atoms with Gasteiger partial charge in [0.05, 0.1) is 26.3 Å². The van der Waals surface area contributed by atoms with Crippen LogP contribution in [0.2, 0.25) is 0 Å². The zero-order valence-corrected chi connectivity index (χ0v) is 16.8. The molecule has 0 aromatic heterocycles. The van der Waals surface area contributed by atoms with Crippen molar-refractivity contribution in [3.63, 3.8) is 0 Å². The summed E-state index contributed by atoms with van der Waals surface area (Å²) in [6, 6.07) is 18.5. The van der Waals surface area contributed by atoms with E-state index in [4.69, 9.17) is 14.2 Å². The molecule has 0 aliphatic carbocycles. The summed E-state index contributed by atoms with van der Waals surface area (Å²) in [5.41, 5.74) is 1.74. The lowest BCUT2D eigenvalue weighted by Gasteiger charge is -2.31. The zero-order valence-electron chi connectivity index (χ0n) is 16.8. The first-order chi connectivity index (χ1) is 14.5. The first-order valence-electron chi connectivity index (χ1n) is 9.06. The molecule has 8 heteroatoms. The van der Waals surface area contributed by atoms with Gasteiger partial charge in [0.25, 0.3) is 5.69 Å². The number of non-ortho nitro benzene ring substituents is 1. The maximum atomic E-state index is 11.3. The normalized spacial score (nSPS) is 11.5. The number of anilines is 2. The van der Waals surface area contributed by atoms with Crippen LogP contribution in [0.5, 0.6) is 17.2 Å². The van der Waals surface area contributed by atoms with Gasteiger partial charge in [-0.15, -0.1) is 0 Å². The summed E-state index contributed by atoms with van der Waals surface area (Å²) in [7, 11) is 4.50. The summed E-state index contributed by atoms with van der Waals surface area (Å²) < 4.78 is 16.1. The molecule has 1 N–H and O–H groups in total. The van der Waals surface area contributed by atoms with Gasteiger partial charge in [0.15, 0.2) is 17.7 Å². The van der Waals surface area contributed by atoms with Gasteiger partial charge in [-0.25, -0.2) is 0 Å². The summed E-state index contributed by atoms with van der Waals surface area (Å²) in [6.45, 7) is 0. The van der Waals surface area contributed by atoms with Gasteiger partial charge in [-0.05, 0) is 36.4 Å². The number of hydrogen-bond donors (Lipinski definition) is 1. The van der Waals surface area contributed by atoms with Crippen molar-refractivity contribution in [2.75, 3.05) is 26.2 Å². The molecule has 156 valence electrons. The Morgan fingerprint density at radius 3 is 1.87 bits per heavy atom. The summed E-state index contributed by atoms with van der Waals surface area (Å²) in [4.78, 5) is 12.2. The van der Waals surface area contributed by atoms with Gasteiger partial charge in [0.1, 0.15) is 0 Å². The number of hydrogen-bond acceptors (Lipinski definition) is 7. The molecule has 1 atom stereocenters. The molecule has 30 heavy (non-hydrogen) atoms. The van der Waals surface area contributed by atoms with E-state index in [0.29, 0.717) is 34.2 Å². The Labute approximate surface area is 174 Å². The first kappa shape index (κ1) is 20.9. The van der Waals surface area contributed by atoms with Gasteiger partial charge in [0.2, 0.25) is 5.75 Å². The van der Waals surface area contributed by atoms with Crippen molar-refractivity contribution >= 4 is 17.1 Å². The number of aliphatic hydroxyl groups is 1. The van der Waals surface area contributed by atoms with Gasteiger partial charge in [-0.2, -0.15) is 0 Å². The molecule has 0 aliphatic rings. The molecule has 0 heterocycles. The summed E-state index contributed by atoms with van der Waals surface area (Å²) in [5.74, 6) is 1.22. The number of nitro benzene ring substituents is 1. The number of rotatable bonds is 8. The lowest BCUT2D eigenvalue weighted by atomic mass is 10.1. The van der Waals surface area contributed by atoms with Crippen molar-refractivity contribution in [1.82, 2.24) is 0 Å². The van der Waals surface area contributed by atoms with Crippen LogP contribution in [0, 0.1) is 10.1 Å². The average Bonchev–Trinajstić information content (AvgIpc) is 2.79. The lowest BCUT2D eigenvalue weighted by molar-refractivity contribution is -0.384. The van der Waals surface area contributed by atoms with E-state index < -0.39 is 11.2 Å². The van der Waals surface area contributed by atoms with Crippen LogP contribution in [0.25, 0.3) is 0 Å². The predicted molar refractivity (Wildman–Crippen MR) is 113 cm³/mol. The molecule has 0 bridgehead atoms. The molecular weight excluding hydrogens is 388 g/mol. The second kappa shape index (κ2) is 9.15. The van der Waals surface area contributed by atoms with E-state index in [2.05, 4.69) is 0 Å². The SMILES string of the molecule is COc1cc(C(O)N(c2ccccc2)c2ccc([N+](=O)[O-])cc2)cc(OC)c1OC. The Kier molecular flexibility index (Phi) is 6.38. The highest BCUT2D eigenvalue weighted by Crippen LogP contribution is 2.42. The van der Waals surface area contributed by atoms with Crippen LogP contribution in [0.15, 0.2) is 66.7 Å². The minimum Gasteiger partial charge on any atom is -0.493 e. The minimum atomic E-state index is -1.14. The number of benzene rings is 3. The Hall–Kier alpha value is -3.78. The highest BCUT2D eigenvalue weighted by Gasteiger charge is 2.24. The second-order valence-corrected chi connectivity index (χ2v) is 6.31. The number of nitrogens with zero attached hydrogens (tertiary/aromatic N) is 2. The van der Waals surface area contributed by atoms with E-state index in [1.54, 1.807) is 29.2 Å². The molecule has 3 rings (SSSR count). The number of ether oxygens (including phenoxy) is 3. The van der Waals surface area contributed by atoms with Gasteiger partial charge in [0, 0.05) is 29.1 Å². The highest BCUT2D eigenvalue weighted by atomic mass is 16.6. The number of methoxy groups -OCH3 is 3. The van der Waals surface area contributed by atoms with Crippen molar-refractivity contribution in [2.45, 2.75) is 6.23 Å². The molecule has 0 saturated heterocycles. The Morgan fingerprint density at radius 1 is 0.867 bits per heavy atom. The van der Waals surface area contributed by atoms with Crippen molar-refractivity contribution in [2.24, 2.45) is 0 Å². The van der Waals surface area contributed by atoms with Gasteiger partial charge in [-0.3, -0.25) is 10.1 Å². The molecule has 0 spiro atoms. The molecular formula is C22H22N2O6. The Bertz CT molecular complexity index is 983. The van der Waals surface area contributed by atoms with Crippen LogP contribution in [0.1, 0.15) is 11.8 Å². The summed E-state index contributed by atoms with van der Waals surface area (Å²) in [6.07, 6.45) is -1.14. The van der Waals surface area contributed by atoms with E-state index in [-0.39, 0.29) is 5.69 Å². The fourth-order valence-electron chi connectivity index (χ4n) is 3.15. The highest BCUT2D eigenvalue weighted by molar-refractivity contribution is 5.66. The maximum absolute atomic E-state index is 11.3. The third-order valence-electron chi connectivity index (χ3n) is 4.60. The van der Waals surface area contributed by atoms with E-state index in [9.17, 15) is 15.2 Å². The molecule has 3 aromatic rings. The van der Waals surface area contributed by atoms with Crippen LogP contribution in [0.4, 0.5) is 17.1 Å². The topological polar surface area (TPSA) is 94.3 Å². The fraction of sp³-hybridized carbons (Fsp3) is 0.182. The van der Waals surface area contributed by atoms with Crippen LogP contribution in [0.3, 0.4) is 0 Å². The van der Waals surface area contributed by atoms with Crippen molar-refractivity contribution in [3.8, 4) is 17.2 Å². The average molecular weight is 410 g/mol. The Morgan fingerprint density at radius 2 is 1.40 bits per heavy atom. The Balaban J connectivity index is 2.11. The zero-order chi connectivity index (χ0) is 21.7. The van der Waals surface area contributed by atoms with Crippen molar-refractivity contribution in [1.29, 1.82) is 0 Å². The molecule has 0 aliphatic heterocycles. The molecule has 0 amide bonds. The molecule has 0 saturated carbocycles. The van der Waals surface area contributed by atoms with Crippen LogP contribution in [-0.4, -0.2) is 31.4 Å². The van der Waals surface area contributed by atoms with E-state index in [0.717, 1.165) is 0 Å². The number of nitro groups is 1. The fourth-order valence-corrected chi connectivity index (χ4v) is 3.15. The van der Waals surface area contributed by atoms with Crippen LogP contribution >= 0.6 is 0 Å². The minimum absolute atomic E-state index is 0.0333. The summed E-state index contributed by atoms with van der Waals surface area (Å²) >= 11 is 0. The smallest absolute Gasteiger partial charge is 0.269 e. The van der Waals surface area contributed by atoms with Crippen molar-refractivity contribution in [3.05, 3.63) is 82.4 Å². The lowest BCUT2D eigenvalue weighted by Crippen LogP contribution is -2.23. The summed E-state index contributed by atoms with van der Waals surface area (Å²) in [5, 5.41) is 22.3. The van der Waals surface area contributed by atoms with Crippen molar-refractivity contribution < 1.29 is 24.2 Å². The number of para-hydroxylation sites is 1. The molecule has 0 fully saturated rings. The van der Waals surface area contributed by atoms with Gasteiger partial charge in [-0.1, -0.05) is 18.2 Å². The third-order valence-corrected chi connectivity index (χ3v) is 4.60. The van der Waals surface area contributed by atoms with E-state index in [1.807, 2.05) is 30.3 Å². The molecule has 0 radical (unpaired) electrons. The van der Waals surface area contributed by atoms with Gasteiger partial charge < -0.3 is 24.2 Å². The van der Waals surface area contributed by atoms with Crippen LogP contribution in [-0.2, 0) is 0 Å². The van der Waals surface area contributed by atoms with E-state index >= 15 is 0 Å². The molecule has 1 unspecified atom stereocenters.